The van der Waals surface area contributed by atoms with Crippen molar-refractivity contribution < 1.29 is 4.74 Å². The van der Waals surface area contributed by atoms with Crippen molar-refractivity contribution >= 4 is 34.4 Å². The van der Waals surface area contributed by atoms with Gasteiger partial charge in [-0.2, -0.15) is 0 Å². The Labute approximate surface area is 162 Å². The van der Waals surface area contributed by atoms with Gasteiger partial charge in [-0.1, -0.05) is 13.3 Å². The zero-order valence-corrected chi connectivity index (χ0v) is 16.7. The van der Waals surface area contributed by atoms with E-state index in [-0.39, 0.29) is 0 Å². The van der Waals surface area contributed by atoms with Gasteiger partial charge >= 0.3 is 0 Å². The van der Waals surface area contributed by atoms with Crippen LogP contribution in [0.25, 0.3) is 0 Å². The standard InChI is InChI=1S/C21H29N3OS/c1-4-7-16-25-20-14-10-18(11-15-20)23-21(26)22-17-8-12-19(13-9-17)24(5-2)6-3/h8-15H,4-7,16H2,1-3H3,(H2,22,23,26). The number of unbranched alkanes of at least 4 members (excludes halogenated alkanes) is 1. The van der Waals surface area contributed by atoms with E-state index in [0.29, 0.717) is 5.11 Å². The topological polar surface area (TPSA) is 36.5 Å². The van der Waals surface area contributed by atoms with Crippen LogP contribution in [-0.4, -0.2) is 24.8 Å². The van der Waals surface area contributed by atoms with Crippen LogP contribution in [0.5, 0.6) is 5.75 Å². The first-order valence-electron chi connectivity index (χ1n) is 9.32. The molecule has 2 aromatic carbocycles. The van der Waals surface area contributed by atoms with Crippen LogP contribution in [0.1, 0.15) is 33.6 Å². The van der Waals surface area contributed by atoms with Gasteiger partial charge < -0.3 is 20.3 Å². The van der Waals surface area contributed by atoms with Crippen LogP contribution in [0.3, 0.4) is 0 Å². The lowest BCUT2D eigenvalue weighted by Crippen LogP contribution is -2.22. The molecule has 0 bridgehead atoms. The van der Waals surface area contributed by atoms with Crippen LogP contribution in [-0.2, 0) is 0 Å². The van der Waals surface area contributed by atoms with E-state index in [1.54, 1.807) is 0 Å². The summed E-state index contributed by atoms with van der Waals surface area (Å²) in [6.07, 6.45) is 2.20. The van der Waals surface area contributed by atoms with Gasteiger partial charge in [-0.3, -0.25) is 0 Å². The largest absolute Gasteiger partial charge is 0.494 e. The molecule has 2 N–H and O–H groups in total. The number of nitrogens with one attached hydrogen (secondary N) is 2. The maximum atomic E-state index is 5.67. The number of hydrogen-bond acceptors (Lipinski definition) is 3. The molecule has 0 amide bonds. The smallest absolute Gasteiger partial charge is 0.175 e. The van der Waals surface area contributed by atoms with Crippen molar-refractivity contribution in [3.8, 4) is 5.75 Å². The Morgan fingerprint density at radius 3 is 1.92 bits per heavy atom. The number of benzene rings is 2. The van der Waals surface area contributed by atoms with E-state index in [0.717, 1.165) is 49.7 Å². The number of hydrogen-bond donors (Lipinski definition) is 2. The molecule has 0 atom stereocenters. The number of ether oxygens (including phenoxy) is 1. The van der Waals surface area contributed by atoms with Gasteiger partial charge in [0.15, 0.2) is 5.11 Å². The SMILES string of the molecule is CCCCOc1ccc(NC(=S)Nc2ccc(N(CC)CC)cc2)cc1. The predicted molar refractivity (Wildman–Crippen MR) is 117 cm³/mol. The highest BCUT2D eigenvalue weighted by molar-refractivity contribution is 7.80. The fraction of sp³-hybridized carbons (Fsp3) is 0.381. The highest BCUT2D eigenvalue weighted by Gasteiger charge is 2.03. The molecule has 0 saturated carbocycles. The summed E-state index contributed by atoms with van der Waals surface area (Å²) in [4.78, 5) is 2.31. The lowest BCUT2D eigenvalue weighted by molar-refractivity contribution is 0.309. The molecule has 140 valence electrons. The van der Waals surface area contributed by atoms with Crippen LogP contribution in [0, 0.1) is 0 Å². The average Bonchev–Trinajstić information content (AvgIpc) is 2.66. The zero-order valence-electron chi connectivity index (χ0n) is 15.9. The highest BCUT2D eigenvalue weighted by Crippen LogP contribution is 2.19. The van der Waals surface area contributed by atoms with Crippen molar-refractivity contribution in [1.29, 1.82) is 0 Å². The third-order valence-electron chi connectivity index (χ3n) is 4.13. The first kappa shape index (κ1) is 20.0. The van der Waals surface area contributed by atoms with Crippen molar-refractivity contribution in [3.63, 3.8) is 0 Å². The van der Waals surface area contributed by atoms with Crippen molar-refractivity contribution in [3.05, 3.63) is 48.5 Å². The molecule has 2 rings (SSSR count). The lowest BCUT2D eigenvalue weighted by atomic mass is 10.2. The summed E-state index contributed by atoms with van der Waals surface area (Å²) < 4.78 is 5.67. The second kappa shape index (κ2) is 10.7. The maximum absolute atomic E-state index is 5.67. The van der Waals surface area contributed by atoms with Gasteiger partial charge in [0.2, 0.25) is 0 Å². The molecule has 0 aliphatic carbocycles. The predicted octanol–water partition coefficient (Wildman–Crippen LogP) is 5.52. The van der Waals surface area contributed by atoms with Crippen molar-refractivity contribution in [2.75, 3.05) is 35.2 Å². The van der Waals surface area contributed by atoms with Crippen LogP contribution < -0.4 is 20.3 Å². The zero-order chi connectivity index (χ0) is 18.8. The number of nitrogens with zero attached hydrogens (tertiary/aromatic N) is 1. The molecule has 0 spiro atoms. The normalized spacial score (nSPS) is 10.3. The third kappa shape index (κ3) is 6.23. The monoisotopic (exact) mass is 371 g/mol. The highest BCUT2D eigenvalue weighted by atomic mass is 32.1. The lowest BCUT2D eigenvalue weighted by Gasteiger charge is -2.21. The van der Waals surface area contributed by atoms with Gasteiger partial charge in [0, 0.05) is 30.2 Å². The molecule has 0 unspecified atom stereocenters. The van der Waals surface area contributed by atoms with Gasteiger partial charge in [0.1, 0.15) is 5.75 Å². The van der Waals surface area contributed by atoms with Gasteiger partial charge in [-0.25, -0.2) is 0 Å². The summed E-state index contributed by atoms with van der Waals surface area (Å²) in [7, 11) is 0. The van der Waals surface area contributed by atoms with Gasteiger partial charge in [-0.05, 0) is 81.0 Å². The molecule has 5 heteroatoms. The average molecular weight is 372 g/mol. The van der Waals surface area contributed by atoms with Crippen LogP contribution in [0.2, 0.25) is 0 Å². The molecule has 0 aliphatic heterocycles. The van der Waals surface area contributed by atoms with Gasteiger partial charge in [0.25, 0.3) is 0 Å². The molecule has 0 saturated heterocycles. The maximum Gasteiger partial charge on any atom is 0.175 e. The van der Waals surface area contributed by atoms with Crippen molar-refractivity contribution in [2.45, 2.75) is 33.6 Å². The van der Waals surface area contributed by atoms with E-state index in [2.05, 4.69) is 48.4 Å². The number of rotatable bonds is 9. The number of thiocarbonyl (C=S) groups is 1. The molecular formula is C21H29N3OS. The summed E-state index contributed by atoms with van der Waals surface area (Å²) >= 11 is 5.40. The first-order valence-corrected chi connectivity index (χ1v) is 9.73. The van der Waals surface area contributed by atoms with Gasteiger partial charge in [0.05, 0.1) is 6.61 Å². The van der Waals surface area contributed by atoms with E-state index in [1.807, 2.05) is 36.4 Å². The minimum absolute atomic E-state index is 0.570. The molecule has 0 fully saturated rings. The molecule has 0 heterocycles. The second-order valence-corrected chi connectivity index (χ2v) is 6.43. The Morgan fingerprint density at radius 2 is 1.42 bits per heavy atom. The molecule has 2 aromatic rings. The summed E-state index contributed by atoms with van der Waals surface area (Å²) in [5, 5.41) is 6.99. The molecule has 0 radical (unpaired) electrons. The first-order chi connectivity index (χ1) is 12.7. The molecule has 26 heavy (non-hydrogen) atoms. The second-order valence-electron chi connectivity index (χ2n) is 6.02. The van der Waals surface area contributed by atoms with Crippen LogP contribution in [0.15, 0.2) is 48.5 Å². The fourth-order valence-corrected chi connectivity index (χ4v) is 2.84. The molecular weight excluding hydrogens is 342 g/mol. The third-order valence-corrected chi connectivity index (χ3v) is 4.34. The number of anilines is 3. The Bertz CT molecular complexity index is 667. The van der Waals surface area contributed by atoms with Crippen LogP contribution >= 0.6 is 12.2 Å². The molecule has 0 aliphatic rings. The Hall–Kier alpha value is -2.27. The fourth-order valence-electron chi connectivity index (χ4n) is 2.61. The van der Waals surface area contributed by atoms with E-state index in [9.17, 15) is 0 Å². The summed E-state index contributed by atoms with van der Waals surface area (Å²) in [6.45, 7) is 9.24. The molecule has 4 nitrogen and oxygen atoms in total. The molecule has 0 aromatic heterocycles. The minimum Gasteiger partial charge on any atom is -0.494 e. The van der Waals surface area contributed by atoms with E-state index < -0.39 is 0 Å². The Balaban J connectivity index is 1.86. The summed E-state index contributed by atoms with van der Waals surface area (Å²) in [5.41, 5.74) is 3.13. The van der Waals surface area contributed by atoms with Crippen molar-refractivity contribution in [1.82, 2.24) is 0 Å². The Kier molecular flexibility index (Phi) is 8.22. The summed E-state index contributed by atoms with van der Waals surface area (Å²) in [6, 6.07) is 16.2. The quantitative estimate of drug-likeness (QED) is 0.448. The van der Waals surface area contributed by atoms with Gasteiger partial charge in [-0.15, -0.1) is 0 Å². The Morgan fingerprint density at radius 1 is 0.885 bits per heavy atom. The van der Waals surface area contributed by atoms with E-state index in [4.69, 9.17) is 17.0 Å². The van der Waals surface area contributed by atoms with E-state index >= 15 is 0 Å². The van der Waals surface area contributed by atoms with Crippen molar-refractivity contribution in [2.24, 2.45) is 0 Å². The summed E-state index contributed by atoms with van der Waals surface area (Å²) in [5.74, 6) is 0.884. The minimum atomic E-state index is 0.570. The van der Waals surface area contributed by atoms with E-state index in [1.165, 1.54) is 5.69 Å². The van der Waals surface area contributed by atoms with Crippen LogP contribution in [0.4, 0.5) is 17.1 Å².